The maximum absolute atomic E-state index is 12.9. The second-order valence-corrected chi connectivity index (χ2v) is 9.96. The summed E-state index contributed by atoms with van der Waals surface area (Å²) in [6, 6.07) is 23.3. The molecule has 2 aliphatic rings. The lowest BCUT2D eigenvalue weighted by Crippen LogP contribution is -2.53. The summed E-state index contributed by atoms with van der Waals surface area (Å²) in [7, 11) is 1.64. The van der Waals surface area contributed by atoms with Gasteiger partial charge >= 0.3 is 0 Å². The summed E-state index contributed by atoms with van der Waals surface area (Å²) in [6.45, 7) is 6.62. The zero-order valence-electron chi connectivity index (χ0n) is 21.2. The van der Waals surface area contributed by atoms with E-state index in [4.69, 9.17) is 9.47 Å². The molecule has 2 atom stereocenters. The average Bonchev–Trinajstić information content (AvgIpc) is 2.93. The standard InChI is InChI=1S/C30H37N3O3/c1-35-27-10-5-9-26(20-27)31-30(34)13-12-25-22-32(15-14-29(25)33-16-18-36-19-17-33)21-24-8-4-7-23-6-2-3-11-28(23)24/h2-11,20,25,29H,12-19,21-22H2,1H3,(H,31,34)/t25-,29+/m1/s1. The number of nitrogens with one attached hydrogen (secondary N) is 1. The number of nitrogens with zero attached hydrogens (tertiary/aromatic N) is 2. The number of amides is 1. The molecule has 1 N–H and O–H groups in total. The SMILES string of the molecule is COc1cccc(NC(=O)CC[C@@H]2CN(Cc3cccc4ccccc34)CC[C@@H]2N2CCOCC2)c1. The summed E-state index contributed by atoms with van der Waals surface area (Å²) in [5.74, 6) is 1.26. The van der Waals surface area contributed by atoms with Crippen LogP contribution in [0.1, 0.15) is 24.8 Å². The number of morpholine rings is 1. The van der Waals surface area contributed by atoms with Gasteiger partial charge in [-0.3, -0.25) is 14.6 Å². The number of fused-ring (bicyclic) bond motifs is 1. The van der Waals surface area contributed by atoms with E-state index in [1.807, 2.05) is 24.3 Å². The van der Waals surface area contributed by atoms with Crippen molar-refractivity contribution in [3.63, 3.8) is 0 Å². The molecule has 1 amide bonds. The van der Waals surface area contributed by atoms with E-state index in [1.165, 1.54) is 16.3 Å². The number of methoxy groups -OCH3 is 1. The molecule has 2 fully saturated rings. The van der Waals surface area contributed by atoms with Crippen LogP contribution in [0.3, 0.4) is 0 Å². The van der Waals surface area contributed by atoms with Crippen LogP contribution in [0.4, 0.5) is 5.69 Å². The zero-order valence-corrected chi connectivity index (χ0v) is 21.2. The zero-order chi connectivity index (χ0) is 24.7. The lowest BCUT2D eigenvalue weighted by molar-refractivity contribution is -0.116. The van der Waals surface area contributed by atoms with Crippen LogP contribution in [0.25, 0.3) is 10.8 Å². The molecule has 3 aromatic carbocycles. The molecule has 0 spiro atoms. The second-order valence-electron chi connectivity index (χ2n) is 9.96. The summed E-state index contributed by atoms with van der Waals surface area (Å²) < 4.78 is 10.9. The van der Waals surface area contributed by atoms with Crippen molar-refractivity contribution in [1.29, 1.82) is 0 Å². The molecule has 0 bridgehead atoms. The van der Waals surface area contributed by atoms with Gasteiger partial charge in [-0.1, -0.05) is 48.5 Å². The Bertz CT molecular complexity index is 1160. The Morgan fingerprint density at radius 2 is 1.83 bits per heavy atom. The van der Waals surface area contributed by atoms with Gasteiger partial charge in [-0.2, -0.15) is 0 Å². The first-order valence-electron chi connectivity index (χ1n) is 13.1. The number of anilines is 1. The molecule has 190 valence electrons. The molecule has 2 heterocycles. The maximum Gasteiger partial charge on any atom is 0.224 e. The smallest absolute Gasteiger partial charge is 0.224 e. The first kappa shape index (κ1) is 24.8. The molecule has 6 nitrogen and oxygen atoms in total. The Kier molecular flexibility index (Phi) is 8.16. The van der Waals surface area contributed by atoms with Gasteiger partial charge in [0.1, 0.15) is 5.75 Å². The molecular formula is C30H37N3O3. The van der Waals surface area contributed by atoms with E-state index in [-0.39, 0.29) is 5.91 Å². The summed E-state index contributed by atoms with van der Waals surface area (Å²) in [5.41, 5.74) is 2.16. The predicted molar refractivity (Wildman–Crippen MR) is 144 cm³/mol. The molecule has 0 aromatic heterocycles. The highest BCUT2D eigenvalue weighted by Gasteiger charge is 2.34. The molecular weight excluding hydrogens is 450 g/mol. The van der Waals surface area contributed by atoms with Crippen molar-refractivity contribution in [3.05, 3.63) is 72.3 Å². The topological polar surface area (TPSA) is 54.0 Å². The van der Waals surface area contributed by atoms with Crippen LogP contribution in [0.15, 0.2) is 66.7 Å². The van der Waals surface area contributed by atoms with Crippen LogP contribution in [-0.4, -0.2) is 68.3 Å². The number of hydrogen-bond donors (Lipinski definition) is 1. The summed E-state index contributed by atoms with van der Waals surface area (Å²) >= 11 is 0. The van der Waals surface area contributed by atoms with Gasteiger partial charge in [0.05, 0.1) is 20.3 Å². The van der Waals surface area contributed by atoms with Crippen LogP contribution in [0.2, 0.25) is 0 Å². The van der Waals surface area contributed by atoms with Crippen molar-refractivity contribution in [2.75, 3.05) is 51.8 Å². The van der Waals surface area contributed by atoms with Crippen molar-refractivity contribution in [2.45, 2.75) is 31.8 Å². The van der Waals surface area contributed by atoms with E-state index in [2.05, 4.69) is 57.6 Å². The number of carbonyl (C=O) groups excluding carboxylic acids is 1. The van der Waals surface area contributed by atoms with Crippen molar-refractivity contribution >= 4 is 22.4 Å². The maximum atomic E-state index is 12.9. The number of likely N-dealkylation sites (tertiary alicyclic amines) is 1. The molecule has 0 unspecified atom stereocenters. The van der Waals surface area contributed by atoms with E-state index in [9.17, 15) is 4.79 Å². The molecule has 3 aromatic rings. The average molecular weight is 488 g/mol. The molecule has 2 saturated heterocycles. The Hall–Kier alpha value is -2.93. The third-order valence-electron chi connectivity index (χ3n) is 7.66. The molecule has 0 aliphatic carbocycles. The minimum atomic E-state index is 0.0650. The molecule has 0 saturated carbocycles. The minimum Gasteiger partial charge on any atom is -0.497 e. The number of carbonyl (C=O) groups is 1. The highest BCUT2D eigenvalue weighted by molar-refractivity contribution is 5.90. The van der Waals surface area contributed by atoms with Crippen LogP contribution in [0, 0.1) is 5.92 Å². The molecule has 6 heteroatoms. The van der Waals surface area contributed by atoms with Crippen LogP contribution < -0.4 is 10.1 Å². The van der Waals surface area contributed by atoms with E-state index in [1.54, 1.807) is 7.11 Å². The van der Waals surface area contributed by atoms with E-state index < -0.39 is 0 Å². The lowest BCUT2D eigenvalue weighted by atomic mass is 9.86. The van der Waals surface area contributed by atoms with Gasteiger partial charge in [-0.15, -0.1) is 0 Å². The van der Waals surface area contributed by atoms with Gasteiger partial charge in [0.25, 0.3) is 0 Å². The van der Waals surface area contributed by atoms with Gasteiger partial charge in [0.15, 0.2) is 0 Å². The Balaban J connectivity index is 1.25. The molecule has 5 rings (SSSR count). The first-order valence-corrected chi connectivity index (χ1v) is 13.1. The number of benzene rings is 3. The third-order valence-corrected chi connectivity index (χ3v) is 7.66. The fraction of sp³-hybridized carbons (Fsp3) is 0.433. The Morgan fingerprint density at radius 3 is 2.69 bits per heavy atom. The van der Waals surface area contributed by atoms with Crippen molar-refractivity contribution in [3.8, 4) is 5.75 Å². The van der Waals surface area contributed by atoms with Crippen LogP contribution in [0.5, 0.6) is 5.75 Å². The normalized spacial score (nSPS) is 21.4. The van der Waals surface area contributed by atoms with E-state index in [0.717, 1.165) is 70.2 Å². The lowest BCUT2D eigenvalue weighted by Gasteiger charge is -2.45. The number of ether oxygens (including phenoxy) is 2. The number of piperidine rings is 1. The fourth-order valence-corrected chi connectivity index (χ4v) is 5.82. The van der Waals surface area contributed by atoms with Gasteiger partial charge in [-0.05, 0) is 53.8 Å². The van der Waals surface area contributed by atoms with E-state index >= 15 is 0 Å². The monoisotopic (exact) mass is 487 g/mol. The number of rotatable bonds is 8. The quantitative estimate of drug-likeness (QED) is 0.495. The highest BCUT2D eigenvalue weighted by Crippen LogP contribution is 2.29. The van der Waals surface area contributed by atoms with Crippen LogP contribution in [-0.2, 0) is 16.1 Å². The van der Waals surface area contributed by atoms with Crippen molar-refractivity contribution < 1.29 is 14.3 Å². The first-order chi connectivity index (χ1) is 17.7. The van der Waals surface area contributed by atoms with Crippen LogP contribution >= 0.6 is 0 Å². The summed E-state index contributed by atoms with van der Waals surface area (Å²) in [5, 5.41) is 5.69. The number of hydrogen-bond acceptors (Lipinski definition) is 5. The highest BCUT2D eigenvalue weighted by atomic mass is 16.5. The van der Waals surface area contributed by atoms with Crippen molar-refractivity contribution in [1.82, 2.24) is 9.80 Å². The Morgan fingerprint density at radius 1 is 1.03 bits per heavy atom. The second kappa shape index (κ2) is 11.9. The van der Waals surface area contributed by atoms with E-state index in [0.29, 0.717) is 18.4 Å². The van der Waals surface area contributed by atoms with Gasteiger partial charge in [0.2, 0.25) is 5.91 Å². The fourth-order valence-electron chi connectivity index (χ4n) is 5.82. The summed E-state index contributed by atoms with van der Waals surface area (Å²) in [6.07, 6.45) is 2.53. The summed E-state index contributed by atoms with van der Waals surface area (Å²) in [4.78, 5) is 18.0. The van der Waals surface area contributed by atoms with Gasteiger partial charge < -0.3 is 14.8 Å². The van der Waals surface area contributed by atoms with Gasteiger partial charge in [-0.25, -0.2) is 0 Å². The molecule has 0 radical (unpaired) electrons. The predicted octanol–water partition coefficient (Wildman–Crippen LogP) is 4.79. The van der Waals surface area contributed by atoms with Gasteiger partial charge in [0, 0.05) is 50.4 Å². The minimum absolute atomic E-state index is 0.0650. The molecule has 2 aliphatic heterocycles. The Labute approximate surface area is 214 Å². The molecule has 36 heavy (non-hydrogen) atoms. The van der Waals surface area contributed by atoms with Crippen molar-refractivity contribution in [2.24, 2.45) is 5.92 Å². The third kappa shape index (κ3) is 6.06. The largest absolute Gasteiger partial charge is 0.497 e.